The van der Waals surface area contributed by atoms with Gasteiger partial charge in [-0.2, -0.15) is 0 Å². The molecule has 0 spiro atoms. The molecule has 0 bridgehead atoms. The molecule has 1 aliphatic rings. The molecular formula is C52H94N2O8. The largest absolute Gasteiger partial charge is 0.463 e. The van der Waals surface area contributed by atoms with Crippen LogP contribution in [-0.4, -0.2) is 63.6 Å². The predicted octanol–water partition coefficient (Wildman–Crippen LogP) is 13.9. The summed E-state index contributed by atoms with van der Waals surface area (Å²) in [5.41, 5.74) is 0.390. The van der Waals surface area contributed by atoms with Crippen LogP contribution in [0.25, 0.3) is 0 Å². The summed E-state index contributed by atoms with van der Waals surface area (Å²) >= 11 is 0. The molecule has 0 aromatic carbocycles. The molecule has 0 radical (unpaired) electrons. The summed E-state index contributed by atoms with van der Waals surface area (Å²) in [6, 6.07) is 0. The summed E-state index contributed by atoms with van der Waals surface area (Å²) in [7, 11) is 0. The van der Waals surface area contributed by atoms with Crippen molar-refractivity contribution in [2.45, 2.75) is 220 Å². The standard InChI is InChI=1S/C52H94N2O8/c1-6-9-11-13-18-24-34-47-45(32-22-12-10-7-2)36-37-46(33-23-17-14-15-20-26-38-53-51(57)61-42-30-28-40-59-49(55)8-3)48(47)35-25-19-16-21-27-39-54-52(58)62-43-31-29-41-60-50(56)44(4)5/h8,45-48H,3-4,6-7,9-43H2,1-2,5H3,(H,53,57)(H,54,58). The average molecular weight is 875 g/mol. The maximum absolute atomic E-state index is 12.1. The van der Waals surface area contributed by atoms with Gasteiger partial charge in [0.25, 0.3) is 0 Å². The van der Waals surface area contributed by atoms with Gasteiger partial charge in [-0.3, -0.25) is 0 Å². The number of hydrogen-bond acceptors (Lipinski definition) is 8. The van der Waals surface area contributed by atoms with Crippen LogP contribution in [0.15, 0.2) is 24.8 Å². The first kappa shape index (κ1) is 57.0. The zero-order chi connectivity index (χ0) is 45.3. The molecule has 0 saturated heterocycles. The van der Waals surface area contributed by atoms with Gasteiger partial charge >= 0.3 is 24.1 Å². The molecule has 10 heteroatoms. The molecule has 1 fully saturated rings. The summed E-state index contributed by atoms with van der Waals surface area (Å²) in [6.45, 7) is 15.8. The number of carbonyl (C=O) groups excluding carboxylic acids is 4. The van der Waals surface area contributed by atoms with Crippen LogP contribution >= 0.6 is 0 Å². The number of ether oxygens (including phenoxy) is 4. The Labute approximate surface area is 379 Å². The van der Waals surface area contributed by atoms with E-state index in [0.29, 0.717) is 70.8 Å². The highest BCUT2D eigenvalue weighted by Gasteiger charge is 2.37. The number of amides is 2. The predicted molar refractivity (Wildman–Crippen MR) is 254 cm³/mol. The Bertz CT molecular complexity index is 1160. The molecule has 0 aliphatic heterocycles. The van der Waals surface area contributed by atoms with Crippen LogP contribution in [0.3, 0.4) is 0 Å². The van der Waals surface area contributed by atoms with Crippen molar-refractivity contribution in [1.29, 1.82) is 0 Å². The van der Waals surface area contributed by atoms with E-state index in [1.807, 2.05) is 0 Å². The first-order chi connectivity index (χ1) is 30.2. The van der Waals surface area contributed by atoms with Crippen LogP contribution in [0, 0.1) is 23.7 Å². The zero-order valence-corrected chi connectivity index (χ0v) is 40.2. The van der Waals surface area contributed by atoms with Gasteiger partial charge in [-0.05, 0) is 94.8 Å². The van der Waals surface area contributed by atoms with Crippen molar-refractivity contribution < 1.29 is 38.1 Å². The van der Waals surface area contributed by atoms with Crippen LogP contribution in [0.5, 0.6) is 0 Å². The molecular weight excluding hydrogens is 781 g/mol. The molecule has 4 atom stereocenters. The Hall–Kier alpha value is -3.04. The van der Waals surface area contributed by atoms with Crippen LogP contribution in [0.2, 0.25) is 0 Å². The fraction of sp³-hybridized carbons (Fsp3) is 0.846. The first-order valence-corrected chi connectivity index (χ1v) is 25.7. The van der Waals surface area contributed by atoms with E-state index in [1.165, 1.54) is 148 Å². The highest BCUT2D eigenvalue weighted by atomic mass is 16.6. The minimum absolute atomic E-state index is 0.309. The van der Waals surface area contributed by atoms with Crippen molar-refractivity contribution in [3.05, 3.63) is 24.8 Å². The summed E-state index contributed by atoms with van der Waals surface area (Å²) < 4.78 is 20.5. The van der Waals surface area contributed by atoms with E-state index >= 15 is 0 Å². The number of hydrogen-bond donors (Lipinski definition) is 2. The highest BCUT2D eigenvalue weighted by Crippen LogP contribution is 2.47. The van der Waals surface area contributed by atoms with Crippen LogP contribution in [0.1, 0.15) is 220 Å². The van der Waals surface area contributed by atoms with E-state index < -0.39 is 5.97 Å². The fourth-order valence-electron chi connectivity index (χ4n) is 9.18. The van der Waals surface area contributed by atoms with Gasteiger partial charge in [0.15, 0.2) is 0 Å². The molecule has 1 aliphatic carbocycles. The molecule has 0 aromatic rings. The molecule has 4 unspecified atom stereocenters. The summed E-state index contributed by atoms with van der Waals surface area (Å²) in [5.74, 6) is 2.73. The van der Waals surface area contributed by atoms with Crippen LogP contribution in [-0.2, 0) is 28.5 Å². The van der Waals surface area contributed by atoms with E-state index in [9.17, 15) is 19.2 Å². The maximum Gasteiger partial charge on any atom is 0.407 e. The average Bonchev–Trinajstić information content (AvgIpc) is 3.26. The van der Waals surface area contributed by atoms with E-state index in [4.69, 9.17) is 18.9 Å². The molecule has 0 aromatic heterocycles. The molecule has 2 N–H and O–H groups in total. The van der Waals surface area contributed by atoms with Crippen molar-refractivity contribution in [2.24, 2.45) is 23.7 Å². The SMILES string of the molecule is C=CC(=O)OCCCCOC(=O)NCCCCCCCCC1CCC(CCCCCC)C(CCCCCCCC)C1CCCCCCCNC(=O)OCCCCOC(=O)C(=C)C. The molecule has 0 heterocycles. The van der Waals surface area contributed by atoms with E-state index in [-0.39, 0.29) is 18.2 Å². The highest BCUT2D eigenvalue weighted by molar-refractivity contribution is 5.86. The Morgan fingerprint density at radius 2 is 0.839 bits per heavy atom. The van der Waals surface area contributed by atoms with Crippen molar-refractivity contribution >= 4 is 24.1 Å². The number of esters is 2. The van der Waals surface area contributed by atoms with Crippen molar-refractivity contribution in [2.75, 3.05) is 39.5 Å². The van der Waals surface area contributed by atoms with Crippen molar-refractivity contribution in [3.8, 4) is 0 Å². The zero-order valence-electron chi connectivity index (χ0n) is 40.2. The van der Waals surface area contributed by atoms with Gasteiger partial charge < -0.3 is 29.6 Å². The Morgan fingerprint density at radius 1 is 0.484 bits per heavy atom. The first-order valence-electron chi connectivity index (χ1n) is 25.7. The van der Waals surface area contributed by atoms with Gasteiger partial charge in [0, 0.05) is 24.7 Å². The Kier molecular flexibility index (Phi) is 37.4. The number of alkyl carbamates (subject to hydrolysis) is 2. The second kappa shape index (κ2) is 40.7. The Balaban J connectivity index is 2.50. The number of carbonyl (C=O) groups is 4. The van der Waals surface area contributed by atoms with Crippen LogP contribution < -0.4 is 10.6 Å². The lowest BCUT2D eigenvalue weighted by atomic mass is 9.61. The Morgan fingerprint density at radius 3 is 1.26 bits per heavy atom. The number of nitrogens with one attached hydrogen (secondary N) is 2. The monoisotopic (exact) mass is 875 g/mol. The molecule has 2 amide bonds. The van der Waals surface area contributed by atoms with E-state index in [2.05, 4.69) is 37.6 Å². The van der Waals surface area contributed by atoms with Gasteiger partial charge in [-0.25, -0.2) is 19.2 Å². The fourth-order valence-corrected chi connectivity index (χ4v) is 9.18. The minimum atomic E-state index is -0.428. The van der Waals surface area contributed by atoms with Gasteiger partial charge in [0.2, 0.25) is 0 Å². The maximum atomic E-state index is 12.1. The smallest absolute Gasteiger partial charge is 0.407 e. The lowest BCUT2D eigenvalue weighted by Gasteiger charge is -2.44. The number of unbranched alkanes of at least 4 members (excludes halogenated alkanes) is 19. The molecule has 1 saturated carbocycles. The minimum Gasteiger partial charge on any atom is -0.463 e. The third kappa shape index (κ3) is 31.7. The molecule has 360 valence electrons. The van der Waals surface area contributed by atoms with Crippen molar-refractivity contribution in [1.82, 2.24) is 10.6 Å². The molecule has 1 rings (SSSR count). The lowest BCUT2D eigenvalue weighted by Crippen LogP contribution is -2.35. The van der Waals surface area contributed by atoms with E-state index in [1.54, 1.807) is 6.92 Å². The third-order valence-corrected chi connectivity index (χ3v) is 12.8. The molecule has 62 heavy (non-hydrogen) atoms. The number of rotatable bonds is 41. The van der Waals surface area contributed by atoms with E-state index in [0.717, 1.165) is 55.4 Å². The lowest BCUT2D eigenvalue weighted by molar-refractivity contribution is -0.139. The third-order valence-electron chi connectivity index (χ3n) is 12.8. The topological polar surface area (TPSA) is 129 Å². The molecule has 10 nitrogen and oxygen atoms in total. The van der Waals surface area contributed by atoms with Crippen LogP contribution in [0.4, 0.5) is 9.59 Å². The van der Waals surface area contributed by atoms with Gasteiger partial charge in [0.1, 0.15) is 0 Å². The van der Waals surface area contributed by atoms with Gasteiger partial charge in [0.05, 0.1) is 26.4 Å². The quantitative estimate of drug-likeness (QED) is 0.0269. The summed E-state index contributed by atoms with van der Waals surface area (Å²) in [6.07, 6.45) is 38.4. The summed E-state index contributed by atoms with van der Waals surface area (Å²) in [4.78, 5) is 46.6. The van der Waals surface area contributed by atoms with Gasteiger partial charge in [-0.15, -0.1) is 0 Å². The van der Waals surface area contributed by atoms with Crippen molar-refractivity contribution in [3.63, 3.8) is 0 Å². The second-order valence-corrected chi connectivity index (χ2v) is 18.1. The second-order valence-electron chi connectivity index (χ2n) is 18.1. The van der Waals surface area contributed by atoms with Gasteiger partial charge in [-0.1, -0.05) is 162 Å². The summed E-state index contributed by atoms with van der Waals surface area (Å²) in [5, 5.41) is 5.76. The normalized spacial score (nSPS) is 17.2.